The lowest BCUT2D eigenvalue weighted by Crippen LogP contribution is -2.01. The quantitative estimate of drug-likeness (QED) is 0.595. The van der Waals surface area contributed by atoms with Gasteiger partial charge in [-0.25, -0.2) is 0 Å². The second kappa shape index (κ2) is 2.42. The van der Waals surface area contributed by atoms with Crippen molar-refractivity contribution in [3.05, 3.63) is 47.2 Å². The lowest BCUT2D eigenvalue weighted by molar-refractivity contribution is 0.393. The molecule has 0 spiro atoms. The van der Waals surface area contributed by atoms with Crippen molar-refractivity contribution in [3.8, 4) is 0 Å². The summed E-state index contributed by atoms with van der Waals surface area (Å²) in [5, 5.41) is 9.22. The maximum Gasteiger partial charge on any atom is 0.0930 e. The zero-order chi connectivity index (χ0) is 7.68. The van der Waals surface area contributed by atoms with Gasteiger partial charge in [0.2, 0.25) is 0 Å². The molecule has 1 heteroatoms. The smallest absolute Gasteiger partial charge is 0.0930 e. The summed E-state index contributed by atoms with van der Waals surface area (Å²) in [6.07, 6.45) is 3.46. The molecule has 0 saturated carbocycles. The second-order valence-corrected chi connectivity index (χ2v) is 2.85. The lowest BCUT2D eigenvalue weighted by atomic mass is 9.96. The monoisotopic (exact) mass is 146 g/mol. The molecule has 11 heavy (non-hydrogen) atoms. The Balaban J connectivity index is 2.42. The molecule has 0 amide bonds. The molecule has 0 fully saturated rings. The molecule has 56 valence electrons. The Morgan fingerprint density at radius 1 is 1.09 bits per heavy atom. The van der Waals surface area contributed by atoms with E-state index in [1.807, 2.05) is 18.2 Å². The van der Waals surface area contributed by atoms with Crippen LogP contribution in [0.25, 0.3) is 0 Å². The molecule has 0 aliphatic heterocycles. The molecule has 0 saturated heterocycles. The third-order valence-corrected chi connectivity index (χ3v) is 2.05. The van der Waals surface area contributed by atoms with Gasteiger partial charge in [0.1, 0.15) is 0 Å². The fraction of sp³-hybridized carbons (Fsp3) is 0.200. The molecule has 1 aliphatic rings. The van der Waals surface area contributed by atoms with Gasteiger partial charge in [0.15, 0.2) is 0 Å². The van der Waals surface area contributed by atoms with Gasteiger partial charge in [-0.15, -0.1) is 0 Å². The Morgan fingerprint density at radius 3 is 2.64 bits per heavy atom. The minimum absolute atomic E-state index is 0.503. The molecule has 0 bridgehead atoms. The lowest BCUT2D eigenvalue weighted by Gasteiger charge is -2.12. The van der Waals surface area contributed by atoms with Crippen LogP contribution in [0.15, 0.2) is 36.1 Å². The third-order valence-electron chi connectivity index (χ3n) is 2.05. The van der Waals surface area contributed by atoms with E-state index in [-0.39, 0.29) is 0 Å². The highest BCUT2D eigenvalue weighted by atomic mass is 16.3. The molecule has 0 heterocycles. The van der Waals surface area contributed by atoms with Gasteiger partial charge in [-0.05, 0) is 23.6 Å². The van der Waals surface area contributed by atoms with Crippen LogP contribution in [-0.2, 0) is 12.8 Å². The van der Waals surface area contributed by atoms with Crippen LogP contribution < -0.4 is 0 Å². The van der Waals surface area contributed by atoms with Crippen LogP contribution in [0.1, 0.15) is 11.1 Å². The summed E-state index contributed by atoms with van der Waals surface area (Å²) in [5.41, 5.74) is 2.60. The van der Waals surface area contributed by atoms with Gasteiger partial charge in [0.25, 0.3) is 0 Å². The Morgan fingerprint density at radius 2 is 1.82 bits per heavy atom. The Kier molecular flexibility index (Phi) is 1.42. The van der Waals surface area contributed by atoms with Crippen molar-refractivity contribution >= 4 is 0 Å². The highest BCUT2D eigenvalue weighted by Crippen LogP contribution is 2.18. The minimum Gasteiger partial charge on any atom is -0.512 e. The highest BCUT2D eigenvalue weighted by Gasteiger charge is 2.07. The fourth-order valence-electron chi connectivity index (χ4n) is 1.42. The van der Waals surface area contributed by atoms with Gasteiger partial charge >= 0.3 is 0 Å². The molecule has 0 aromatic heterocycles. The molecule has 1 aromatic rings. The average Bonchev–Trinajstić information content (AvgIpc) is 2.04. The van der Waals surface area contributed by atoms with Gasteiger partial charge < -0.3 is 5.11 Å². The molecule has 1 aliphatic carbocycles. The Labute approximate surface area is 66.0 Å². The number of hydrogen-bond acceptors (Lipinski definition) is 1. The number of rotatable bonds is 0. The van der Waals surface area contributed by atoms with Crippen molar-refractivity contribution < 1.29 is 5.11 Å². The average molecular weight is 146 g/mol. The zero-order valence-corrected chi connectivity index (χ0v) is 6.25. The van der Waals surface area contributed by atoms with Gasteiger partial charge in [-0.2, -0.15) is 0 Å². The van der Waals surface area contributed by atoms with E-state index in [0.717, 1.165) is 6.42 Å². The summed E-state index contributed by atoms with van der Waals surface area (Å²) in [6.45, 7) is 0. The Hall–Kier alpha value is -1.24. The summed E-state index contributed by atoms with van der Waals surface area (Å²) >= 11 is 0. The van der Waals surface area contributed by atoms with Crippen molar-refractivity contribution in [1.29, 1.82) is 0 Å². The minimum atomic E-state index is 0.503. The van der Waals surface area contributed by atoms with E-state index < -0.39 is 0 Å². The largest absolute Gasteiger partial charge is 0.512 e. The van der Waals surface area contributed by atoms with Gasteiger partial charge in [0, 0.05) is 6.42 Å². The summed E-state index contributed by atoms with van der Waals surface area (Å²) in [6, 6.07) is 8.23. The van der Waals surface area contributed by atoms with E-state index in [1.165, 1.54) is 11.1 Å². The van der Waals surface area contributed by atoms with Crippen LogP contribution in [0, 0.1) is 0 Å². The number of aliphatic hydroxyl groups excluding tert-OH is 1. The number of benzene rings is 1. The number of hydrogen-bond donors (Lipinski definition) is 1. The highest BCUT2D eigenvalue weighted by molar-refractivity contribution is 5.34. The molecule has 1 nitrogen and oxygen atoms in total. The van der Waals surface area contributed by atoms with Crippen molar-refractivity contribution in [2.75, 3.05) is 0 Å². The maximum atomic E-state index is 9.22. The van der Waals surface area contributed by atoms with Gasteiger partial charge in [0.05, 0.1) is 5.76 Å². The summed E-state index contributed by atoms with van der Waals surface area (Å²) in [4.78, 5) is 0. The zero-order valence-electron chi connectivity index (χ0n) is 6.25. The van der Waals surface area contributed by atoms with Crippen molar-refractivity contribution in [2.45, 2.75) is 12.8 Å². The van der Waals surface area contributed by atoms with Crippen LogP contribution in [0.3, 0.4) is 0 Å². The van der Waals surface area contributed by atoms with Gasteiger partial charge in [-0.3, -0.25) is 0 Å². The van der Waals surface area contributed by atoms with Crippen molar-refractivity contribution in [2.24, 2.45) is 0 Å². The molecule has 1 N–H and O–H groups in total. The molecule has 1 aromatic carbocycles. The third kappa shape index (κ3) is 1.14. The molecule has 0 radical (unpaired) electrons. The number of allylic oxidation sites excluding steroid dienone is 2. The first kappa shape index (κ1) is 6.47. The first-order valence-electron chi connectivity index (χ1n) is 3.81. The van der Waals surface area contributed by atoms with Crippen LogP contribution >= 0.6 is 0 Å². The van der Waals surface area contributed by atoms with E-state index in [1.54, 1.807) is 0 Å². The number of aliphatic hydroxyl groups is 1. The number of fused-ring (bicyclic) bond motifs is 1. The van der Waals surface area contributed by atoms with Crippen LogP contribution in [0.4, 0.5) is 0 Å². The SMILES string of the molecule is OC1=CCc2ccccc2C1. The maximum absolute atomic E-state index is 9.22. The molecule has 2 rings (SSSR count). The summed E-state index contributed by atoms with van der Waals surface area (Å²) in [5.74, 6) is 0.503. The molecular formula is C10H10O. The van der Waals surface area contributed by atoms with Crippen molar-refractivity contribution in [3.63, 3.8) is 0 Å². The van der Waals surface area contributed by atoms with Crippen LogP contribution in [-0.4, -0.2) is 5.11 Å². The van der Waals surface area contributed by atoms with Crippen LogP contribution in [0.5, 0.6) is 0 Å². The molecular weight excluding hydrogens is 136 g/mol. The predicted octanol–water partition coefficient (Wildman–Crippen LogP) is 2.23. The summed E-state index contributed by atoms with van der Waals surface area (Å²) < 4.78 is 0. The van der Waals surface area contributed by atoms with Crippen molar-refractivity contribution in [1.82, 2.24) is 0 Å². The van der Waals surface area contributed by atoms with E-state index in [4.69, 9.17) is 0 Å². The van der Waals surface area contributed by atoms with E-state index in [2.05, 4.69) is 12.1 Å². The molecule has 0 unspecified atom stereocenters. The second-order valence-electron chi connectivity index (χ2n) is 2.85. The first-order valence-corrected chi connectivity index (χ1v) is 3.81. The van der Waals surface area contributed by atoms with E-state index in [0.29, 0.717) is 12.2 Å². The Bertz CT molecular complexity index is 299. The standard InChI is InChI=1S/C10H10O/c11-10-6-5-8-3-1-2-4-9(8)7-10/h1-4,6,11H,5,7H2. The fourth-order valence-corrected chi connectivity index (χ4v) is 1.42. The predicted molar refractivity (Wildman–Crippen MR) is 44.6 cm³/mol. The first-order chi connectivity index (χ1) is 5.36. The molecule has 0 atom stereocenters. The van der Waals surface area contributed by atoms with E-state index in [9.17, 15) is 5.11 Å². The van der Waals surface area contributed by atoms with Crippen LogP contribution in [0.2, 0.25) is 0 Å². The topological polar surface area (TPSA) is 20.2 Å². The normalized spacial score (nSPS) is 15.5. The van der Waals surface area contributed by atoms with E-state index >= 15 is 0 Å². The summed E-state index contributed by atoms with van der Waals surface area (Å²) in [7, 11) is 0. The van der Waals surface area contributed by atoms with Gasteiger partial charge in [-0.1, -0.05) is 24.3 Å².